The Morgan fingerprint density at radius 3 is 2.89 bits per heavy atom. The molecule has 3 heterocycles. The van der Waals surface area contributed by atoms with Crippen LogP contribution in [-0.2, 0) is 9.47 Å². The van der Waals surface area contributed by atoms with Gasteiger partial charge in [-0.1, -0.05) is 12.1 Å². The Morgan fingerprint density at radius 1 is 1.47 bits per heavy atom. The lowest BCUT2D eigenvalue weighted by Crippen LogP contribution is -2.65. The van der Waals surface area contributed by atoms with E-state index in [0.29, 0.717) is 4.90 Å². The summed E-state index contributed by atoms with van der Waals surface area (Å²) in [5.41, 5.74) is 0.0621. The first-order chi connectivity index (χ1) is 9.08. The third-order valence-corrected chi connectivity index (χ3v) is 5.69. The Bertz CT molecular complexity index is 561. The van der Waals surface area contributed by atoms with Crippen molar-refractivity contribution in [3.63, 3.8) is 0 Å². The maximum Gasteiger partial charge on any atom is 0.282 e. The SMILES string of the molecule is C[C@]12C[C@@H]3O[C@H]1[C@H](O2)[C@H]3Sc1ccccc1[N+](=O)[O-]. The maximum atomic E-state index is 11.0. The van der Waals surface area contributed by atoms with Gasteiger partial charge in [-0.05, 0) is 13.0 Å². The summed E-state index contributed by atoms with van der Waals surface area (Å²) in [6.07, 6.45) is 1.33. The number of hydrogen-bond acceptors (Lipinski definition) is 5. The smallest absolute Gasteiger partial charge is 0.282 e. The summed E-state index contributed by atoms with van der Waals surface area (Å²) in [7, 11) is 0. The van der Waals surface area contributed by atoms with Gasteiger partial charge in [0, 0.05) is 12.5 Å². The average molecular weight is 279 g/mol. The monoisotopic (exact) mass is 279 g/mol. The number of benzene rings is 1. The van der Waals surface area contributed by atoms with E-state index in [0.717, 1.165) is 6.42 Å². The summed E-state index contributed by atoms with van der Waals surface area (Å²) < 4.78 is 11.8. The molecule has 1 aromatic rings. The van der Waals surface area contributed by atoms with Gasteiger partial charge in [-0.2, -0.15) is 0 Å². The first-order valence-electron chi connectivity index (χ1n) is 6.32. The van der Waals surface area contributed by atoms with Crippen LogP contribution in [0, 0.1) is 10.1 Å². The number of thioether (sulfide) groups is 1. The van der Waals surface area contributed by atoms with Crippen LogP contribution < -0.4 is 0 Å². The Balaban J connectivity index is 1.59. The van der Waals surface area contributed by atoms with Crippen LogP contribution in [-0.4, -0.2) is 34.1 Å². The van der Waals surface area contributed by atoms with E-state index < -0.39 is 0 Å². The van der Waals surface area contributed by atoms with Gasteiger partial charge in [0.2, 0.25) is 0 Å². The zero-order chi connectivity index (χ0) is 13.2. The predicted octanol–water partition coefficient (Wildman–Crippen LogP) is 2.38. The standard InChI is InChI=1S/C13H13NO4S/c1-13-6-8-11(10(18-13)12(13)17-8)19-9-5-3-2-4-7(9)14(15)16/h2-5,8,10-12H,6H2,1H3/t8-,10+,11-,12-,13-/m0/s1. The van der Waals surface area contributed by atoms with Crippen molar-refractivity contribution in [3.05, 3.63) is 34.4 Å². The molecule has 1 aromatic carbocycles. The van der Waals surface area contributed by atoms with E-state index in [4.69, 9.17) is 9.47 Å². The zero-order valence-corrected chi connectivity index (χ0v) is 11.1. The highest BCUT2D eigenvalue weighted by atomic mass is 32.2. The third kappa shape index (κ3) is 1.50. The fourth-order valence-electron chi connectivity index (χ4n) is 3.38. The van der Waals surface area contributed by atoms with Crippen LogP contribution in [0.25, 0.3) is 0 Å². The molecule has 3 fully saturated rings. The van der Waals surface area contributed by atoms with Crippen LogP contribution in [0.1, 0.15) is 13.3 Å². The molecule has 0 saturated carbocycles. The molecule has 0 unspecified atom stereocenters. The van der Waals surface area contributed by atoms with E-state index in [1.165, 1.54) is 11.8 Å². The van der Waals surface area contributed by atoms with Crippen LogP contribution in [0.3, 0.4) is 0 Å². The van der Waals surface area contributed by atoms with Crippen LogP contribution in [0.2, 0.25) is 0 Å². The molecule has 19 heavy (non-hydrogen) atoms. The molecule has 3 saturated heterocycles. The molecule has 2 bridgehead atoms. The highest BCUT2D eigenvalue weighted by Crippen LogP contribution is 2.58. The fraction of sp³-hybridized carbons (Fsp3) is 0.538. The van der Waals surface area contributed by atoms with Gasteiger partial charge in [-0.15, -0.1) is 11.8 Å². The third-order valence-electron chi connectivity index (χ3n) is 4.25. The van der Waals surface area contributed by atoms with Gasteiger partial charge in [0.05, 0.1) is 26.8 Å². The minimum atomic E-state index is -0.331. The van der Waals surface area contributed by atoms with Crippen molar-refractivity contribution in [2.24, 2.45) is 0 Å². The van der Waals surface area contributed by atoms with Gasteiger partial charge in [0.25, 0.3) is 5.69 Å². The lowest BCUT2D eigenvalue weighted by molar-refractivity contribution is -0.387. The Kier molecular flexibility index (Phi) is 2.29. The number of hydrogen-bond donors (Lipinski definition) is 0. The highest BCUT2D eigenvalue weighted by Gasteiger charge is 2.70. The van der Waals surface area contributed by atoms with Crippen molar-refractivity contribution in [2.45, 2.75) is 47.4 Å². The molecule has 0 amide bonds. The van der Waals surface area contributed by atoms with E-state index in [1.54, 1.807) is 18.2 Å². The number of para-hydroxylation sites is 1. The molecule has 0 aliphatic carbocycles. The van der Waals surface area contributed by atoms with E-state index >= 15 is 0 Å². The summed E-state index contributed by atoms with van der Waals surface area (Å²) >= 11 is 1.52. The molecule has 0 aromatic heterocycles. The van der Waals surface area contributed by atoms with E-state index in [2.05, 4.69) is 6.92 Å². The van der Waals surface area contributed by atoms with Crippen molar-refractivity contribution in [1.82, 2.24) is 0 Å². The Hall–Kier alpha value is -1.11. The molecule has 5 nitrogen and oxygen atoms in total. The first kappa shape index (κ1) is 11.7. The topological polar surface area (TPSA) is 61.6 Å². The van der Waals surface area contributed by atoms with Gasteiger partial charge in [0.15, 0.2) is 0 Å². The molecule has 6 heteroatoms. The van der Waals surface area contributed by atoms with Crippen molar-refractivity contribution in [3.8, 4) is 0 Å². The van der Waals surface area contributed by atoms with Gasteiger partial charge in [-0.25, -0.2) is 0 Å². The van der Waals surface area contributed by atoms with Crippen molar-refractivity contribution < 1.29 is 14.4 Å². The number of nitrogens with zero attached hydrogens (tertiary/aromatic N) is 1. The van der Waals surface area contributed by atoms with Crippen LogP contribution in [0.4, 0.5) is 5.69 Å². The molecular weight excluding hydrogens is 266 g/mol. The lowest BCUT2D eigenvalue weighted by Gasteiger charge is -2.51. The van der Waals surface area contributed by atoms with Gasteiger partial charge < -0.3 is 9.47 Å². The van der Waals surface area contributed by atoms with E-state index in [-0.39, 0.29) is 39.8 Å². The van der Waals surface area contributed by atoms with Crippen molar-refractivity contribution >= 4 is 17.4 Å². The number of nitro benzene ring substituents is 1. The van der Waals surface area contributed by atoms with Gasteiger partial charge in [-0.3, -0.25) is 10.1 Å². The van der Waals surface area contributed by atoms with Gasteiger partial charge in [0.1, 0.15) is 12.2 Å². The Labute approximate surface area is 114 Å². The normalized spacial score (nSPS) is 42.2. The molecule has 0 spiro atoms. The molecule has 3 aliphatic rings. The number of fused-ring (bicyclic) bond motifs is 1. The molecule has 0 radical (unpaired) electrons. The molecular formula is C13H13NO4S. The second kappa shape index (κ2) is 3.71. The summed E-state index contributed by atoms with van der Waals surface area (Å²) in [6, 6.07) is 6.86. The van der Waals surface area contributed by atoms with Crippen molar-refractivity contribution in [2.75, 3.05) is 0 Å². The number of ether oxygens (including phenoxy) is 2. The predicted molar refractivity (Wildman–Crippen MR) is 69.3 cm³/mol. The van der Waals surface area contributed by atoms with Crippen LogP contribution >= 0.6 is 11.8 Å². The lowest BCUT2D eigenvalue weighted by atomic mass is 9.78. The molecule has 4 rings (SSSR count). The first-order valence-corrected chi connectivity index (χ1v) is 7.20. The van der Waals surface area contributed by atoms with Crippen LogP contribution in [0.5, 0.6) is 0 Å². The van der Waals surface area contributed by atoms with Gasteiger partial charge >= 0.3 is 0 Å². The second-order valence-corrected chi connectivity index (χ2v) is 6.72. The minimum absolute atomic E-state index is 0.0913. The second-order valence-electron chi connectivity index (χ2n) is 5.50. The summed E-state index contributed by atoms with van der Waals surface area (Å²) in [6.45, 7) is 2.08. The Morgan fingerprint density at radius 2 is 2.26 bits per heavy atom. The number of nitro groups is 1. The molecule has 5 atom stereocenters. The quantitative estimate of drug-likeness (QED) is 0.628. The molecule has 0 N–H and O–H groups in total. The number of rotatable bonds is 3. The summed E-state index contributed by atoms with van der Waals surface area (Å²) in [5, 5.41) is 11.2. The zero-order valence-electron chi connectivity index (χ0n) is 10.3. The van der Waals surface area contributed by atoms with Crippen molar-refractivity contribution in [1.29, 1.82) is 0 Å². The van der Waals surface area contributed by atoms with E-state index in [1.807, 2.05) is 6.07 Å². The minimum Gasteiger partial charge on any atom is -0.368 e. The highest BCUT2D eigenvalue weighted by molar-refractivity contribution is 8.00. The maximum absolute atomic E-state index is 11.0. The largest absolute Gasteiger partial charge is 0.368 e. The average Bonchev–Trinajstić information content (AvgIpc) is 2.78. The van der Waals surface area contributed by atoms with E-state index in [9.17, 15) is 10.1 Å². The molecule has 100 valence electrons. The fourth-order valence-corrected chi connectivity index (χ4v) is 4.74. The summed E-state index contributed by atoms with van der Waals surface area (Å²) in [4.78, 5) is 11.4. The van der Waals surface area contributed by atoms with Crippen LogP contribution in [0.15, 0.2) is 29.2 Å². The summed E-state index contributed by atoms with van der Waals surface area (Å²) in [5.74, 6) is 0. The molecule has 3 aliphatic heterocycles.